The molecule has 2 aromatic rings. The van der Waals surface area contributed by atoms with Gasteiger partial charge in [0.2, 0.25) is 0 Å². The molecule has 98 valence electrons. The molecule has 0 radical (unpaired) electrons. The van der Waals surface area contributed by atoms with Gasteiger partial charge < -0.3 is 4.90 Å². The van der Waals surface area contributed by atoms with Gasteiger partial charge in [-0.25, -0.2) is 4.39 Å². The van der Waals surface area contributed by atoms with E-state index in [0.29, 0.717) is 11.4 Å². The fourth-order valence-electron chi connectivity index (χ4n) is 2.02. The van der Waals surface area contributed by atoms with Crippen molar-refractivity contribution in [3.63, 3.8) is 0 Å². The van der Waals surface area contributed by atoms with Crippen LogP contribution in [0.15, 0.2) is 54.6 Å². The van der Waals surface area contributed by atoms with E-state index in [0.717, 1.165) is 5.56 Å². The van der Waals surface area contributed by atoms with E-state index in [1.54, 1.807) is 17.0 Å². The molecular formula is C16H17FN2. The molecule has 19 heavy (non-hydrogen) atoms. The fourth-order valence-corrected chi connectivity index (χ4v) is 2.02. The monoisotopic (exact) mass is 256 g/mol. The van der Waals surface area contributed by atoms with E-state index < -0.39 is 0 Å². The first-order valence-electron chi connectivity index (χ1n) is 6.22. The molecule has 0 bridgehead atoms. The second-order valence-electron chi connectivity index (χ2n) is 4.52. The molecular weight excluding hydrogens is 239 g/mol. The SMILES string of the molecule is CC(c1ccccc1F)N(C)C(=N)c1ccccc1. The van der Waals surface area contributed by atoms with Gasteiger partial charge in [0.1, 0.15) is 11.7 Å². The van der Waals surface area contributed by atoms with Crippen molar-refractivity contribution in [3.8, 4) is 0 Å². The van der Waals surface area contributed by atoms with Crippen molar-refractivity contribution in [2.75, 3.05) is 7.05 Å². The third-order valence-electron chi connectivity index (χ3n) is 3.34. The predicted octanol–water partition coefficient (Wildman–Crippen LogP) is 3.84. The lowest BCUT2D eigenvalue weighted by Gasteiger charge is -2.28. The normalized spacial score (nSPS) is 11.9. The number of hydrogen-bond donors (Lipinski definition) is 1. The largest absolute Gasteiger partial charge is 0.353 e. The van der Waals surface area contributed by atoms with Gasteiger partial charge in [-0.3, -0.25) is 5.41 Å². The number of benzene rings is 2. The van der Waals surface area contributed by atoms with E-state index >= 15 is 0 Å². The van der Waals surface area contributed by atoms with Crippen LogP contribution in [0.3, 0.4) is 0 Å². The van der Waals surface area contributed by atoms with Gasteiger partial charge in [0.05, 0.1) is 6.04 Å². The van der Waals surface area contributed by atoms with Gasteiger partial charge in [0.25, 0.3) is 0 Å². The Labute approximate surface area is 113 Å². The van der Waals surface area contributed by atoms with Gasteiger partial charge in [-0.2, -0.15) is 0 Å². The Kier molecular flexibility index (Phi) is 3.95. The predicted molar refractivity (Wildman–Crippen MR) is 75.8 cm³/mol. The average Bonchev–Trinajstić information content (AvgIpc) is 2.46. The van der Waals surface area contributed by atoms with E-state index in [-0.39, 0.29) is 11.9 Å². The highest BCUT2D eigenvalue weighted by molar-refractivity contribution is 5.96. The zero-order valence-corrected chi connectivity index (χ0v) is 11.1. The summed E-state index contributed by atoms with van der Waals surface area (Å²) in [4.78, 5) is 1.77. The van der Waals surface area contributed by atoms with Crippen LogP contribution in [0.25, 0.3) is 0 Å². The maximum absolute atomic E-state index is 13.8. The van der Waals surface area contributed by atoms with Gasteiger partial charge >= 0.3 is 0 Å². The molecule has 0 fully saturated rings. The third kappa shape index (κ3) is 2.81. The molecule has 2 nitrogen and oxygen atoms in total. The van der Waals surface area contributed by atoms with Crippen molar-refractivity contribution in [1.82, 2.24) is 4.90 Å². The molecule has 0 saturated carbocycles. The van der Waals surface area contributed by atoms with Crippen molar-refractivity contribution >= 4 is 5.84 Å². The molecule has 0 heterocycles. The summed E-state index contributed by atoms with van der Waals surface area (Å²) in [5.41, 5.74) is 1.43. The lowest BCUT2D eigenvalue weighted by atomic mass is 10.1. The van der Waals surface area contributed by atoms with Crippen molar-refractivity contribution in [2.45, 2.75) is 13.0 Å². The minimum absolute atomic E-state index is 0.186. The molecule has 0 amide bonds. The van der Waals surface area contributed by atoms with Crippen LogP contribution in [-0.2, 0) is 0 Å². The first-order chi connectivity index (χ1) is 9.11. The Balaban J connectivity index is 2.23. The van der Waals surface area contributed by atoms with Crippen LogP contribution in [0, 0.1) is 11.2 Å². The highest BCUT2D eigenvalue weighted by Crippen LogP contribution is 2.22. The Morgan fingerprint density at radius 2 is 1.63 bits per heavy atom. The molecule has 1 unspecified atom stereocenters. The molecule has 2 aromatic carbocycles. The van der Waals surface area contributed by atoms with E-state index in [2.05, 4.69) is 0 Å². The van der Waals surface area contributed by atoms with E-state index in [1.165, 1.54) is 6.07 Å². The minimum atomic E-state index is -0.234. The van der Waals surface area contributed by atoms with Crippen LogP contribution in [0.4, 0.5) is 4.39 Å². The molecule has 0 aromatic heterocycles. The van der Waals surface area contributed by atoms with Crippen LogP contribution in [0.2, 0.25) is 0 Å². The van der Waals surface area contributed by atoms with E-state index in [9.17, 15) is 4.39 Å². The molecule has 0 saturated heterocycles. The van der Waals surface area contributed by atoms with E-state index in [4.69, 9.17) is 5.41 Å². The van der Waals surface area contributed by atoms with Gasteiger partial charge in [-0.1, -0.05) is 48.5 Å². The van der Waals surface area contributed by atoms with Crippen molar-refractivity contribution < 1.29 is 4.39 Å². The fraction of sp³-hybridized carbons (Fsp3) is 0.188. The summed E-state index contributed by atoms with van der Waals surface area (Å²) < 4.78 is 13.8. The van der Waals surface area contributed by atoms with Gasteiger partial charge in [0, 0.05) is 18.2 Å². The first kappa shape index (κ1) is 13.3. The van der Waals surface area contributed by atoms with Crippen LogP contribution in [0.5, 0.6) is 0 Å². The Morgan fingerprint density at radius 1 is 1.05 bits per heavy atom. The number of nitrogens with zero attached hydrogens (tertiary/aromatic N) is 1. The molecule has 1 N–H and O–H groups in total. The van der Waals surface area contributed by atoms with Gasteiger partial charge in [0.15, 0.2) is 0 Å². The molecule has 0 spiro atoms. The number of hydrogen-bond acceptors (Lipinski definition) is 1. The second-order valence-corrected chi connectivity index (χ2v) is 4.52. The lowest BCUT2D eigenvalue weighted by Crippen LogP contribution is -2.30. The zero-order chi connectivity index (χ0) is 13.8. The molecule has 1 atom stereocenters. The van der Waals surface area contributed by atoms with Crippen LogP contribution in [-0.4, -0.2) is 17.8 Å². The maximum atomic E-state index is 13.8. The molecule has 0 aliphatic heterocycles. The number of halogens is 1. The summed E-state index contributed by atoms with van der Waals surface area (Å²) in [5, 5.41) is 8.19. The first-order valence-corrected chi connectivity index (χ1v) is 6.22. The Morgan fingerprint density at radius 3 is 2.26 bits per heavy atom. The highest BCUT2D eigenvalue weighted by Gasteiger charge is 2.18. The van der Waals surface area contributed by atoms with Crippen LogP contribution in [0.1, 0.15) is 24.1 Å². The minimum Gasteiger partial charge on any atom is -0.353 e. The average molecular weight is 256 g/mol. The topological polar surface area (TPSA) is 27.1 Å². The molecule has 3 heteroatoms. The van der Waals surface area contributed by atoms with Gasteiger partial charge in [-0.15, -0.1) is 0 Å². The summed E-state index contributed by atoms with van der Waals surface area (Å²) in [6.07, 6.45) is 0. The van der Waals surface area contributed by atoms with E-state index in [1.807, 2.05) is 50.4 Å². The Hall–Kier alpha value is -2.16. The number of rotatable bonds is 3. The van der Waals surface area contributed by atoms with Crippen LogP contribution < -0.4 is 0 Å². The standard InChI is InChI=1S/C16H17FN2/c1-12(14-10-6-7-11-15(14)17)19(2)16(18)13-8-4-3-5-9-13/h3-12,18H,1-2H3. The smallest absolute Gasteiger partial charge is 0.128 e. The summed E-state index contributed by atoms with van der Waals surface area (Å²) in [7, 11) is 1.81. The maximum Gasteiger partial charge on any atom is 0.128 e. The van der Waals surface area contributed by atoms with Crippen molar-refractivity contribution in [3.05, 3.63) is 71.5 Å². The van der Waals surface area contributed by atoms with Crippen molar-refractivity contribution in [1.29, 1.82) is 5.41 Å². The summed E-state index contributed by atoms with van der Waals surface area (Å²) in [5.74, 6) is 0.152. The number of amidine groups is 1. The molecule has 0 aliphatic carbocycles. The van der Waals surface area contributed by atoms with Crippen LogP contribution >= 0.6 is 0 Å². The van der Waals surface area contributed by atoms with Gasteiger partial charge in [-0.05, 0) is 13.0 Å². The lowest BCUT2D eigenvalue weighted by molar-refractivity contribution is 0.387. The summed E-state index contributed by atoms with van der Waals surface area (Å²) >= 11 is 0. The highest BCUT2D eigenvalue weighted by atomic mass is 19.1. The summed E-state index contributed by atoms with van der Waals surface area (Å²) in [6.45, 7) is 1.90. The molecule has 0 aliphatic rings. The second kappa shape index (κ2) is 5.65. The summed E-state index contributed by atoms with van der Waals surface area (Å²) in [6, 6.07) is 16.0. The third-order valence-corrected chi connectivity index (χ3v) is 3.34. The zero-order valence-electron chi connectivity index (χ0n) is 11.1. The Bertz CT molecular complexity index is 566. The quantitative estimate of drug-likeness (QED) is 0.655. The molecule has 2 rings (SSSR count). The van der Waals surface area contributed by atoms with Crippen molar-refractivity contribution in [2.24, 2.45) is 0 Å². The number of nitrogens with one attached hydrogen (secondary N) is 1.